The van der Waals surface area contributed by atoms with E-state index in [2.05, 4.69) is 52.5 Å². The molecule has 0 amide bonds. The first-order valence-corrected chi connectivity index (χ1v) is 12.3. The molecule has 0 bridgehead atoms. The molecule has 0 aliphatic heterocycles. The summed E-state index contributed by atoms with van der Waals surface area (Å²) in [4.78, 5) is 0. The quantitative estimate of drug-likeness (QED) is 0.480. The average Bonchev–Trinajstić information content (AvgIpc) is 2.99. The lowest BCUT2D eigenvalue weighted by atomic mass is 9.57. The predicted octanol–water partition coefficient (Wildman–Crippen LogP) is 5.87. The summed E-state index contributed by atoms with van der Waals surface area (Å²) in [5.41, 5.74) is 1.11. The first-order valence-electron chi connectivity index (χ1n) is 12.3. The molecule has 0 aromatic rings. The number of allylic oxidation sites excluding steroid dienone is 4. The van der Waals surface area contributed by atoms with E-state index in [4.69, 9.17) is 0 Å². The van der Waals surface area contributed by atoms with Gasteiger partial charge in [0.15, 0.2) is 0 Å². The molecule has 0 aromatic heterocycles. The molecular formula is C28H44O3. The molecule has 0 spiro atoms. The van der Waals surface area contributed by atoms with Crippen molar-refractivity contribution in [2.24, 2.45) is 23.2 Å². The zero-order valence-corrected chi connectivity index (χ0v) is 20.3. The fourth-order valence-electron chi connectivity index (χ4n) is 6.24. The number of hydrogen-bond acceptors (Lipinski definition) is 3. The first kappa shape index (κ1) is 24.5. The number of rotatable bonds is 5. The summed E-state index contributed by atoms with van der Waals surface area (Å²) in [7, 11) is 0. The SMILES string of the molecule is C=C1CC[C@H](O)C/C1=C/C=C1\CCC[C@]2(C)[C@@H]([C@](C)(O)/C=C/C(C)C(C)C)CC[C@@]12O. The van der Waals surface area contributed by atoms with E-state index in [-0.39, 0.29) is 17.4 Å². The molecule has 3 aliphatic carbocycles. The van der Waals surface area contributed by atoms with Gasteiger partial charge in [-0.2, -0.15) is 0 Å². The minimum Gasteiger partial charge on any atom is -0.393 e. The van der Waals surface area contributed by atoms with Gasteiger partial charge in [-0.25, -0.2) is 0 Å². The number of fused-ring (bicyclic) bond motifs is 1. The van der Waals surface area contributed by atoms with Crippen LogP contribution in [0.25, 0.3) is 0 Å². The normalized spacial score (nSPS) is 40.0. The van der Waals surface area contributed by atoms with Crippen molar-refractivity contribution < 1.29 is 15.3 Å². The Balaban J connectivity index is 1.88. The lowest BCUT2D eigenvalue weighted by molar-refractivity contribution is -0.0998. The standard InChI is InChI=1S/C28H44O3/c1-19(2)20(3)13-16-27(6,30)25-14-17-28(31)23(8-7-15-26(25,28)5)11-10-22-18-24(29)12-9-21(22)4/h10-11,13,16,19-20,24-25,29-31H,4,7-9,12,14-15,17-18H2,1-3,5-6H3/b16-13+,22-10-,23-11+/t20?,24-,25-,26+,27+,28+/m0/s1. The Hall–Kier alpha value is -1.16. The molecule has 0 heterocycles. The van der Waals surface area contributed by atoms with E-state index >= 15 is 0 Å². The molecule has 3 nitrogen and oxygen atoms in total. The van der Waals surface area contributed by atoms with Crippen LogP contribution >= 0.6 is 0 Å². The fourth-order valence-corrected chi connectivity index (χ4v) is 6.24. The van der Waals surface area contributed by atoms with Gasteiger partial charge in [0.1, 0.15) is 0 Å². The summed E-state index contributed by atoms with van der Waals surface area (Å²) >= 11 is 0. The molecule has 0 aromatic carbocycles. The van der Waals surface area contributed by atoms with Crippen molar-refractivity contribution in [2.75, 3.05) is 0 Å². The summed E-state index contributed by atoms with van der Waals surface area (Å²) in [6, 6.07) is 0. The monoisotopic (exact) mass is 428 g/mol. The van der Waals surface area contributed by atoms with Crippen molar-refractivity contribution in [3.8, 4) is 0 Å². The highest BCUT2D eigenvalue weighted by molar-refractivity contribution is 5.39. The molecule has 3 fully saturated rings. The molecule has 3 rings (SSSR count). The van der Waals surface area contributed by atoms with E-state index in [1.165, 1.54) is 0 Å². The summed E-state index contributed by atoms with van der Waals surface area (Å²) in [6.07, 6.45) is 14.7. The molecule has 1 unspecified atom stereocenters. The van der Waals surface area contributed by atoms with Gasteiger partial charge in [0.25, 0.3) is 0 Å². The van der Waals surface area contributed by atoms with E-state index in [0.717, 1.165) is 55.2 Å². The lowest BCUT2D eigenvalue weighted by Gasteiger charge is -2.51. The smallest absolute Gasteiger partial charge is 0.0917 e. The molecule has 0 saturated heterocycles. The average molecular weight is 429 g/mol. The summed E-state index contributed by atoms with van der Waals surface area (Å²) in [6.45, 7) is 14.9. The maximum atomic E-state index is 12.0. The van der Waals surface area contributed by atoms with Gasteiger partial charge in [-0.3, -0.25) is 0 Å². The molecule has 3 saturated carbocycles. The fraction of sp³-hybridized carbons (Fsp3) is 0.714. The van der Waals surface area contributed by atoms with Crippen LogP contribution < -0.4 is 0 Å². The van der Waals surface area contributed by atoms with Gasteiger partial charge in [-0.1, -0.05) is 64.2 Å². The zero-order valence-electron chi connectivity index (χ0n) is 20.3. The summed E-state index contributed by atoms with van der Waals surface area (Å²) < 4.78 is 0. The van der Waals surface area contributed by atoms with E-state index < -0.39 is 11.2 Å². The largest absolute Gasteiger partial charge is 0.393 e. The molecule has 0 radical (unpaired) electrons. The minimum absolute atomic E-state index is 0.0171. The maximum absolute atomic E-state index is 12.0. The van der Waals surface area contributed by atoms with Crippen LogP contribution in [0.3, 0.4) is 0 Å². The molecule has 174 valence electrons. The third kappa shape index (κ3) is 4.65. The molecule has 3 N–H and O–H groups in total. The van der Waals surface area contributed by atoms with Crippen LogP contribution in [0, 0.1) is 23.2 Å². The van der Waals surface area contributed by atoms with Gasteiger partial charge in [0.05, 0.1) is 17.3 Å². The van der Waals surface area contributed by atoms with Crippen LogP contribution in [0.5, 0.6) is 0 Å². The lowest BCUT2D eigenvalue weighted by Crippen LogP contribution is -2.53. The van der Waals surface area contributed by atoms with E-state index in [1.54, 1.807) is 0 Å². The Labute approximate surface area is 189 Å². The Morgan fingerprint density at radius 1 is 1.13 bits per heavy atom. The van der Waals surface area contributed by atoms with Crippen LogP contribution in [-0.2, 0) is 0 Å². The van der Waals surface area contributed by atoms with Crippen molar-refractivity contribution in [1.29, 1.82) is 0 Å². The van der Waals surface area contributed by atoms with Crippen molar-refractivity contribution >= 4 is 0 Å². The van der Waals surface area contributed by atoms with Crippen LogP contribution in [0.15, 0.2) is 47.6 Å². The van der Waals surface area contributed by atoms with Crippen molar-refractivity contribution in [1.82, 2.24) is 0 Å². The third-order valence-corrected chi connectivity index (χ3v) is 8.85. The second kappa shape index (κ2) is 9.00. The Kier molecular flexibility index (Phi) is 7.11. The van der Waals surface area contributed by atoms with Crippen LogP contribution in [-0.4, -0.2) is 32.6 Å². The second-order valence-electron chi connectivity index (χ2n) is 11.3. The van der Waals surface area contributed by atoms with Crippen molar-refractivity contribution in [3.05, 3.63) is 47.6 Å². The summed E-state index contributed by atoms with van der Waals surface area (Å²) in [5.74, 6) is 0.962. The van der Waals surface area contributed by atoms with E-state index in [9.17, 15) is 15.3 Å². The van der Waals surface area contributed by atoms with Crippen LogP contribution in [0.1, 0.15) is 86.0 Å². The van der Waals surface area contributed by atoms with E-state index in [1.807, 2.05) is 13.0 Å². The van der Waals surface area contributed by atoms with Crippen molar-refractivity contribution in [2.45, 2.75) is 103 Å². The van der Waals surface area contributed by atoms with E-state index in [0.29, 0.717) is 24.7 Å². The molecular weight excluding hydrogens is 384 g/mol. The number of aliphatic hydroxyl groups excluding tert-OH is 1. The van der Waals surface area contributed by atoms with Gasteiger partial charge in [-0.15, -0.1) is 0 Å². The van der Waals surface area contributed by atoms with Gasteiger partial charge in [0, 0.05) is 5.41 Å². The molecule has 3 heteroatoms. The Morgan fingerprint density at radius 2 is 1.84 bits per heavy atom. The topological polar surface area (TPSA) is 60.7 Å². The first-order chi connectivity index (χ1) is 14.4. The Morgan fingerprint density at radius 3 is 2.52 bits per heavy atom. The van der Waals surface area contributed by atoms with Gasteiger partial charge >= 0.3 is 0 Å². The highest BCUT2D eigenvalue weighted by atomic mass is 16.3. The highest BCUT2D eigenvalue weighted by Crippen LogP contribution is 2.62. The molecule has 3 aliphatic rings. The predicted molar refractivity (Wildman–Crippen MR) is 129 cm³/mol. The zero-order chi connectivity index (χ0) is 23.0. The van der Waals surface area contributed by atoms with Gasteiger partial charge < -0.3 is 15.3 Å². The van der Waals surface area contributed by atoms with Gasteiger partial charge in [-0.05, 0) is 87.2 Å². The van der Waals surface area contributed by atoms with Crippen LogP contribution in [0.2, 0.25) is 0 Å². The number of hydrogen-bond donors (Lipinski definition) is 3. The highest BCUT2D eigenvalue weighted by Gasteiger charge is 2.62. The number of aliphatic hydroxyl groups is 3. The second-order valence-corrected chi connectivity index (χ2v) is 11.3. The van der Waals surface area contributed by atoms with Crippen molar-refractivity contribution in [3.63, 3.8) is 0 Å². The molecule has 6 atom stereocenters. The maximum Gasteiger partial charge on any atom is 0.0917 e. The van der Waals surface area contributed by atoms with Crippen LogP contribution in [0.4, 0.5) is 0 Å². The third-order valence-electron chi connectivity index (χ3n) is 8.85. The Bertz CT molecular complexity index is 771. The summed E-state index contributed by atoms with van der Waals surface area (Å²) in [5, 5.41) is 33.5. The van der Waals surface area contributed by atoms with Gasteiger partial charge in [0.2, 0.25) is 0 Å². The minimum atomic E-state index is -0.939. The molecule has 31 heavy (non-hydrogen) atoms.